The van der Waals surface area contributed by atoms with Gasteiger partial charge in [0, 0.05) is 23.8 Å². The Morgan fingerprint density at radius 2 is 2.21 bits per heavy atom. The maximum atomic E-state index is 11.9. The fraction of sp³-hybridized carbons (Fsp3) is 0.545. The van der Waals surface area contributed by atoms with Gasteiger partial charge in [0.25, 0.3) is 5.56 Å². The summed E-state index contributed by atoms with van der Waals surface area (Å²) < 4.78 is 1.93. The van der Waals surface area contributed by atoms with Crippen LogP contribution in [0.25, 0.3) is 0 Å². The number of pyridine rings is 1. The SMILES string of the molecule is CCc1ccc(CN)c(=O)n1C1CC1. The molecule has 2 N–H and O–H groups in total. The Labute approximate surface area is 83.5 Å². The van der Waals surface area contributed by atoms with E-state index >= 15 is 0 Å². The van der Waals surface area contributed by atoms with Gasteiger partial charge in [-0.2, -0.15) is 0 Å². The highest BCUT2D eigenvalue weighted by atomic mass is 16.1. The average Bonchev–Trinajstić information content (AvgIpc) is 3.01. The molecule has 1 saturated carbocycles. The fourth-order valence-corrected chi connectivity index (χ4v) is 1.81. The highest BCUT2D eigenvalue weighted by Crippen LogP contribution is 2.34. The number of aromatic nitrogens is 1. The molecule has 1 aliphatic rings. The van der Waals surface area contributed by atoms with E-state index in [4.69, 9.17) is 5.73 Å². The van der Waals surface area contributed by atoms with E-state index in [1.54, 1.807) is 0 Å². The van der Waals surface area contributed by atoms with Crippen LogP contribution in [0.5, 0.6) is 0 Å². The molecule has 76 valence electrons. The summed E-state index contributed by atoms with van der Waals surface area (Å²) in [6, 6.07) is 4.34. The molecular formula is C11H16N2O. The predicted molar refractivity (Wildman–Crippen MR) is 56.2 cm³/mol. The summed E-state index contributed by atoms with van der Waals surface area (Å²) in [6.07, 6.45) is 3.19. The Hall–Kier alpha value is -1.09. The molecule has 0 aromatic carbocycles. The van der Waals surface area contributed by atoms with Crippen molar-refractivity contribution in [1.29, 1.82) is 0 Å². The second kappa shape index (κ2) is 3.58. The van der Waals surface area contributed by atoms with Crippen LogP contribution in [0, 0.1) is 0 Å². The Morgan fingerprint density at radius 3 is 2.71 bits per heavy atom. The molecule has 0 saturated heterocycles. The molecule has 0 aliphatic heterocycles. The third kappa shape index (κ3) is 1.48. The van der Waals surface area contributed by atoms with Gasteiger partial charge in [0.1, 0.15) is 0 Å². The molecule has 0 atom stereocenters. The summed E-state index contributed by atoms with van der Waals surface area (Å²) in [5.74, 6) is 0. The van der Waals surface area contributed by atoms with E-state index in [2.05, 4.69) is 6.92 Å². The zero-order valence-corrected chi connectivity index (χ0v) is 8.49. The van der Waals surface area contributed by atoms with Crippen molar-refractivity contribution in [3.8, 4) is 0 Å². The topological polar surface area (TPSA) is 48.0 Å². The third-order valence-corrected chi connectivity index (χ3v) is 2.77. The van der Waals surface area contributed by atoms with Gasteiger partial charge in [0.15, 0.2) is 0 Å². The molecular weight excluding hydrogens is 176 g/mol. The molecule has 3 nitrogen and oxygen atoms in total. The molecule has 1 aliphatic carbocycles. The van der Waals surface area contributed by atoms with Crippen molar-refractivity contribution in [2.45, 2.75) is 38.8 Å². The third-order valence-electron chi connectivity index (χ3n) is 2.77. The molecule has 0 bridgehead atoms. The minimum Gasteiger partial charge on any atom is -0.326 e. The van der Waals surface area contributed by atoms with Gasteiger partial charge in [-0.15, -0.1) is 0 Å². The van der Waals surface area contributed by atoms with Gasteiger partial charge in [0.2, 0.25) is 0 Å². The first-order chi connectivity index (χ1) is 6.77. The normalized spacial score (nSPS) is 15.9. The lowest BCUT2D eigenvalue weighted by molar-refractivity contribution is 0.654. The number of hydrogen-bond donors (Lipinski definition) is 1. The van der Waals surface area contributed by atoms with Gasteiger partial charge >= 0.3 is 0 Å². The van der Waals surface area contributed by atoms with Gasteiger partial charge in [-0.3, -0.25) is 4.79 Å². The molecule has 1 heterocycles. The highest BCUT2D eigenvalue weighted by Gasteiger charge is 2.26. The van der Waals surface area contributed by atoms with Crippen LogP contribution in [0.4, 0.5) is 0 Å². The van der Waals surface area contributed by atoms with Gasteiger partial charge in [-0.25, -0.2) is 0 Å². The summed E-state index contributed by atoms with van der Waals surface area (Å²) in [6.45, 7) is 2.42. The number of aryl methyl sites for hydroxylation is 1. The van der Waals surface area contributed by atoms with E-state index in [0.717, 1.165) is 30.5 Å². The van der Waals surface area contributed by atoms with E-state index in [9.17, 15) is 4.79 Å². The van der Waals surface area contributed by atoms with Crippen molar-refractivity contribution in [1.82, 2.24) is 4.57 Å². The molecule has 0 amide bonds. The molecule has 1 fully saturated rings. The van der Waals surface area contributed by atoms with Gasteiger partial charge < -0.3 is 10.3 Å². The number of rotatable bonds is 3. The first-order valence-electron chi connectivity index (χ1n) is 5.21. The molecule has 1 aromatic heterocycles. The summed E-state index contributed by atoms with van der Waals surface area (Å²) in [7, 11) is 0. The van der Waals surface area contributed by atoms with Crippen molar-refractivity contribution in [3.63, 3.8) is 0 Å². The monoisotopic (exact) mass is 192 g/mol. The van der Waals surface area contributed by atoms with Crippen molar-refractivity contribution in [3.05, 3.63) is 33.7 Å². The minimum atomic E-state index is 0.120. The van der Waals surface area contributed by atoms with Crippen LogP contribution >= 0.6 is 0 Å². The molecule has 1 aromatic rings. The van der Waals surface area contributed by atoms with Crippen molar-refractivity contribution >= 4 is 0 Å². The standard InChI is InChI=1S/C11H16N2O/c1-2-9-4-3-8(7-12)11(14)13(9)10-5-6-10/h3-4,10H,2,5-7,12H2,1H3. The zero-order chi connectivity index (χ0) is 10.1. The maximum absolute atomic E-state index is 11.9. The number of nitrogens with two attached hydrogens (primary N) is 1. The Morgan fingerprint density at radius 1 is 1.50 bits per heavy atom. The predicted octanol–water partition coefficient (Wildman–Crippen LogP) is 1.20. The van der Waals surface area contributed by atoms with E-state index in [1.807, 2.05) is 16.7 Å². The number of hydrogen-bond acceptors (Lipinski definition) is 2. The smallest absolute Gasteiger partial charge is 0.255 e. The van der Waals surface area contributed by atoms with Crippen LogP contribution in [0.15, 0.2) is 16.9 Å². The second-order valence-corrected chi connectivity index (χ2v) is 3.81. The van der Waals surface area contributed by atoms with E-state index < -0.39 is 0 Å². The van der Waals surface area contributed by atoms with Crippen molar-refractivity contribution < 1.29 is 0 Å². The van der Waals surface area contributed by atoms with E-state index in [-0.39, 0.29) is 5.56 Å². The number of nitrogens with zero attached hydrogens (tertiary/aromatic N) is 1. The van der Waals surface area contributed by atoms with E-state index in [1.165, 1.54) is 0 Å². The maximum Gasteiger partial charge on any atom is 0.255 e. The van der Waals surface area contributed by atoms with Crippen LogP contribution in [0.2, 0.25) is 0 Å². The second-order valence-electron chi connectivity index (χ2n) is 3.81. The highest BCUT2D eigenvalue weighted by molar-refractivity contribution is 5.18. The summed E-state index contributed by atoms with van der Waals surface area (Å²) in [5.41, 5.74) is 7.50. The molecule has 2 rings (SSSR count). The summed E-state index contributed by atoms with van der Waals surface area (Å²) >= 11 is 0. The Balaban J connectivity index is 2.55. The van der Waals surface area contributed by atoms with Crippen molar-refractivity contribution in [2.75, 3.05) is 0 Å². The van der Waals surface area contributed by atoms with Crippen molar-refractivity contribution in [2.24, 2.45) is 5.73 Å². The Kier molecular flexibility index (Phi) is 2.42. The summed E-state index contributed by atoms with van der Waals surface area (Å²) in [4.78, 5) is 11.9. The van der Waals surface area contributed by atoms with Gasteiger partial charge in [-0.1, -0.05) is 13.0 Å². The molecule has 0 spiro atoms. The van der Waals surface area contributed by atoms with Gasteiger partial charge in [0.05, 0.1) is 0 Å². The van der Waals surface area contributed by atoms with Crippen LogP contribution in [0.3, 0.4) is 0 Å². The van der Waals surface area contributed by atoms with Crippen LogP contribution in [-0.2, 0) is 13.0 Å². The lowest BCUT2D eigenvalue weighted by Gasteiger charge is -2.11. The van der Waals surface area contributed by atoms with Crippen LogP contribution in [0.1, 0.15) is 37.1 Å². The molecule has 0 radical (unpaired) electrons. The molecule has 3 heteroatoms. The van der Waals surface area contributed by atoms with Crippen LogP contribution in [-0.4, -0.2) is 4.57 Å². The van der Waals surface area contributed by atoms with Gasteiger partial charge in [-0.05, 0) is 25.3 Å². The lowest BCUT2D eigenvalue weighted by Crippen LogP contribution is -2.27. The first-order valence-corrected chi connectivity index (χ1v) is 5.21. The first kappa shape index (κ1) is 9.46. The quantitative estimate of drug-likeness (QED) is 0.782. The molecule has 14 heavy (non-hydrogen) atoms. The van der Waals surface area contributed by atoms with E-state index in [0.29, 0.717) is 12.6 Å². The fourth-order valence-electron chi connectivity index (χ4n) is 1.81. The lowest BCUT2D eigenvalue weighted by atomic mass is 10.2. The molecule has 0 unspecified atom stereocenters. The zero-order valence-electron chi connectivity index (χ0n) is 8.49. The largest absolute Gasteiger partial charge is 0.326 e. The Bertz CT molecular complexity index is 391. The summed E-state index contributed by atoms with van der Waals surface area (Å²) in [5, 5.41) is 0. The average molecular weight is 192 g/mol. The minimum absolute atomic E-state index is 0.120. The van der Waals surface area contributed by atoms with Crippen LogP contribution < -0.4 is 11.3 Å².